The molecule has 0 radical (unpaired) electrons. The number of hydrogen-bond acceptors (Lipinski definition) is 5. The number of carboxylic acids is 1. The van der Waals surface area contributed by atoms with E-state index in [4.69, 9.17) is 4.74 Å². The second-order valence-electron chi connectivity index (χ2n) is 8.67. The lowest BCUT2D eigenvalue weighted by Crippen LogP contribution is -2.48. The maximum Gasteiger partial charge on any atom is 0.407 e. The van der Waals surface area contributed by atoms with E-state index in [9.17, 15) is 19.5 Å². The zero-order valence-electron chi connectivity index (χ0n) is 19.9. The van der Waals surface area contributed by atoms with Crippen LogP contribution in [0, 0.1) is 6.92 Å². The van der Waals surface area contributed by atoms with Crippen molar-refractivity contribution in [2.45, 2.75) is 31.8 Å². The fourth-order valence-corrected chi connectivity index (χ4v) is 4.44. The van der Waals surface area contributed by atoms with Gasteiger partial charge in [0.05, 0.1) is 24.9 Å². The predicted octanol–water partition coefficient (Wildman–Crippen LogP) is 3.07. The fourth-order valence-electron chi connectivity index (χ4n) is 4.44. The molecule has 2 N–H and O–H groups in total. The molecule has 1 heterocycles. The molecular formula is C26H28N4O5. The van der Waals surface area contributed by atoms with Gasteiger partial charge in [0.25, 0.3) is 0 Å². The van der Waals surface area contributed by atoms with E-state index >= 15 is 0 Å². The first-order valence-corrected chi connectivity index (χ1v) is 11.3. The largest absolute Gasteiger partial charge is 0.481 e. The Morgan fingerprint density at radius 2 is 1.71 bits per heavy atom. The summed E-state index contributed by atoms with van der Waals surface area (Å²) in [4.78, 5) is 42.6. The summed E-state index contributed by atoms with van der Waals surface area (Å²) >= 11 is 0. The average Bonchev–Trinajstić information content (AvgIpc) is 3.33. The van der Waals surface area contributed by atoms with Gasteiger partial charge in [-0.2, -0.15) is 0 Å². The molecule has 0 bridgehead atoms. The van der Waals surface area contributed by atoms with Crippen LogP contribution in [0.4, 0.5) is 4.79 Å². The van der Waals surface area contributed by atoms with Gasteiger partial charge in [-0.15, -0.1) is 0 Å². The van der Waals surface area contributed by atoms with Gasteiger partial charge >= 0.3 is 12.1 Å². The maximum atomic E-state index is 13.0. The summed E-state index contributed by atoms with van der Waals surface area (Å²) in [6.45, 7) is 2.13. The van der Waals surface area contributed by atoms with Crippen molar-refractivity contribution >= 4 is 18.0 Å². The molecule has 0 saturated carbocycles. The van der Waals surface area contributed by atoms with Gasteiger partial charge in [0.2, 0.25) is 5.91 Å². The van der Waals surface area contributed by atoms with Crippen LogP contribution in [0.1, 0.15) is 35.0 Å². The van der Waals surface area contributed by atoms with Crippen LogP contribution in [0.5, 0.6) is 0 Å². The quantitative estimate of drug-likeness (QED) is 0.517. The minimum absolute atomic E-state index is 0.0674. The van der Waals surface area contributed by atoms with Gasteiger partial charge in [0.1, 0.15) is 18.5 Å². The van der Waals surface area contributed by atoms with Crippen LogP contribution in [-0.2, 0) is 27.9 Å². The summed E-state index contributed by atoms with van der Waals surface area (Å²) in [6, 6.07) is 14.7. The molecule has 1 unspecified atom stereocenters. The van der Waals surface area contributed by atoms with Crippen molar-refractivity contribution in [2.24, 2.45) is 7.05 Å². The number of amides is 2. The molecule has 182 valence electrons. The third-order valence-corrected chi connectivity index (χ3v) is 6.40. The van der Waals surface area contributed by atoms with Crippen LogP contribution in [0.3, 0.4) is 0 Å². The third kappa shape index (κ3) is 5.03. The van der Waals surface area contributed by atoms with Crippen molar-refractivity contribution < 1.29 is 24.2 Å². The summed E-state index contributed by atoms with van der Waals surface area (Å²) in [5.41, 5.74) is 5.11. The van der Waals surface area contributed by atoms with Crippen LogP contribution in [0.2, 0.25) is 0 Å². The molecule has 1 aromatic heterocycles. The number of carboxylic acid groups (broad SMARTS) is 1. The highest BCUT2D eigenvalue weighted by Gasteiger charge is 2.31. The number of aliphatic carboxylic acids is 1. The van der Waals surface area contributed by atoms with Gasteiger partial charge in [0.15, 0.2) is 0 Å². The van der Waals surface area contributed by atoms with E-state index in [-0.39, 0.29) is 19.1 Å². The molecule has 0 aliphatic heterocycles. The standard InChI is InChI=1S/C26H28N4O5/c1-16-27-13-17(30(16)3)14-29(2)25(33)23(12-24(31)32)28-26(34)35-15-22-20-10-6-4-8-18(20)19-9-5-7-11-21(19)22/h4-11,13,22-23H,12,14-15H2,1-3H3,(H,28,34)(H,31,32). The number of nitrogens with one attached hydrogen (secondary N) is 1. The molecule has 1 aliphatic carbocycles. The van der Waals surface area contributed by atoms with E-state index in [2.05, 4.69) is 10.3 Å². The number of carbonyl (C=O) groups excluding carboxylic acids is 2. The van der Waals surface area contributed by atoms with Crippen LogP contribution in [0.25, 0.3) is 11.1 Å². The number of likely N-dealkylation sites (N-methyl/N-ethyl adjacent to an activating group) is 1. The van der Waals surface area contributed by atoms with E-state index in [1.807, 2.05) is 67.1 Å². The first-order valence-electron chi connectivity index (χ1n) is 11.3. The van der Waals surface area contributed by atoms with E-state index < -0.39 is 30.4 Å². The van der Waals surface area contributed by atoms with Gasteiger partial charge in [-0.3, -0.25) is 9.59 Å². The van der Waals surface area contributed by atoms with Crippen molar-refractivity contribution in [3.63, 3.8) is 0 Å². The van der Waals surface area contributed by atoms with Crippen molar-refractivity contribution in [3.05, 3.63) is 77.4 Å². The van der Waals surface area contributed by atoms with Crippen LogP contribution in [0.15, 0.2) is 54.7 Å². The number of rotatable bonds is 8. The molecule has 2 aromatic carbocycles. The number of fused-ring (bicyclic) bond motifs is 3. The number of aromatic nitrogens is 2. The Morgan fingerprint density at radius 1 is 1.11 bits per heavy atom. The zero-order valence-corrected chi connectivity index (χ0v) is 19.9. The van der Waals surface area contributed by atoms with E-state index in [0.29, 0.717) is 0 Å². The zero-order chi connectivity index (χ0) is 25.1. The van der Waals surface area contributed by atoms with E-state index in [0.717, 1.165) is 33.8 Å². The fraction of sp³-hybridized carbons (Fsp3) is 0.308. The number of ether oxygens (including phenoxy) is 1. The molecule has 0 saturated heterocycles. The van der Waals surface area contributed by atoms with Crippen molar-refractivity contribution in [2.75, 3.05) is 13.7 Å². The molecular weight excluding hydrogens is 448 g/mol. The summed E-state index contributed by atoms with van der Waals surface area (Å²) in [5.74, 6) is -1.08. The smallest absolute Gasteiger partial charge is 0.407 e. The molecule has 35 heavy (non-hydrogen) atoms. The van der Waals surface area contributed by atoms with Crippen molar-refractivity contribution in [1.29, 1.82) is 0 Å². The maximum absolute atomic E-state index is 13.0. The Bertz CT molecular complexity index is 1220. The van der Waals surface area contributed by atoms with Crippen LogP contribution in [-0.4, -0.2) is 57.2 Å². The number of hydrogen-bond donors (Lipinski definition) is 2. The highest BCUT2D eigenvalue weighted by molar-refractivity contribution is 5.89. The lowest BCUT2D eigenvalue weighted by atomic mass is 9.98. The lowest BCUT2D eigenvalue weighted by Gasteiger charge is -2.24. The highest BCUT2D eigenvalue weighted by Crippen LogP contribution is 2.44. The third-order valence-electron chi connectivity index (χ3n) is 6.40. The van der Waals surface area contributed by atoms with Gasteiger partial charge in [-0.25, -0.2) is 9.78 Å². The Kier molecular flexibility index (Phi) is 6.86. The molecule has 9 heteroatoms. The SMILES string of the molecule is Cc1ncc(CN(C)C(=O)C(CC(=O)O)NC(=O)OCC2c3ccccc3-c3ccccc32)n1C. The molecule has 3 aromatic rings. The Hall–Kier alpha value is -4.14. The second kappa shape index (κ2) is 10.0. The number of alkyl carbamates (subject to hydrolysis) is 1. The topological polar surface area (TPSA) is 114 Å². The molecule has 2 amide bonds. The normalized spacial score (nSPS) is 13.0. The highest BCUT2D eigenvalue weighted by atomic mass is 16.5. The van der Waals surface area contributed by atoms with Gasteiger partial charge < -0.3 is 24.6 Å². The molecule has 1 aliphatic rings. The molecule has 9 nitrogen and oxygen atoms in total. The number of aryl methyl sites for hydroxylation is 1. The number of carbonyl (C=O) groups is 3. The summed E-state index contributed by atoms with van der Waals surface area (Å²) in [7, 11) is 3.39. The Morgan fingerprint density at radius 3 is 2.26 bits per heavy atom. The lowest BCUT2D eigenvalue weighted by molar-refractivity contribution is -0.142. The van der Waals surface area contributed by atoms with E-state index in [1.54, 1.807) is 13.2 Å². The van der Waals surface area contributed by atoms with Crippen molar-refractivity contribution in [3.8, 4) is 11.1 Å². The first kappa shape index (κ1) is 24.0. The monoisotopic (exact) mass is 476 g/mol. The number of imidazole rings is 1. The molecule has 0 fully saturated rings. The van der Waals surface area contributed by atoms with Crippen molar-refractivity contribution in [1.82, 2.24) is 19.8 Å². The van der Waals surface area contributed by atoms with Crippen LogP contribution >= 0.6 is 0 Å². The molecule has 4 rings (SSSR count). The minimum atomic E-state index is -1.26. The average molecular weight is 477 g/mol. The number of nitrogens with zero attached hydrogens (tertiary/aromatic N) is 3. The van der Waals surface area contributed by atoms with Crippen LogP contribution < -0.4 is 5.32 Å². The van der Waals surface area contributed by atoms with Gasteiger partial charge in [-0.05, 0) is 29.2 Å². The summed E-state index contributed by atoms with van der Waals surface area (Å²) in [6.07, 6.45) is 0.262. The second-order valence-corrected chi connectivity index (χ2v) is 8.67. The van der Waals surface area contributed by atoms with E-state index in [1.165, 1.54) is 4.90 Å². The Labute approximate surface area is 203 Å². The first-order chi connectivity index (χ1) is 16.8. The Balaban J connectivity index is 1.42. The summed E-state index contributed by atoms with van der Waals surface area (Å²) in [5, 5.41) is 11.8. The predicted molar refractivity (Wildman–Crippen MR) is 129 cm³/mol. The van der Waals surface area contributed by atoms with Gasteiger partial charge in [-0.1, -0.05) is 48.5 Å². The minimum Gasteiger partial charge on any atom is -0.481 e. The van der Waals surface area contributed by atoms with Gasteiger partial charge in [0, 0.05) is 20.0 Å². The number of benzene rings is 2. The molecule has 1 atom stereocenters. The molecule has 0 spiro atoms. The summed E-state index contributed by atoms with van der Waals surface area (Å²) < 4.78 is 7.34.